The van der Waals surface area contributed by atoms with Gasteiger partial charge in [0, 0.05) is 42.9 Å². The summed E-state index contributed by atoms with van der Waals surface area (Å²) in [6.45, 7) is 1.95. The van der Waals surface area contributed by atoms with E-state index in [1.165, 1.54) is 10.8 Å². The number of piperidine rings is 1. The molecule has 0 spiro atoms. The minimum absolute atomic E-state index is 0.00228. The normalized spacial score (nSPS) is 19.0. The standard InChI is InChI=1S/C29H26N2O3/c32-27-13-12-26(23-11-10-21-6-4-5-7-22(21)15-23)29-24-14-20(17-31(27)29)16-30(18-24)28(33)19-34-25-8-2-1-3-9-25/h1-13,15,20,24H,14,16-19H2/t20-,24+/m1/s1. The number of aromatic nitrogens is 1. The Balaban J connectivity index is 1.31. The molecule has 5 nitrogen and oxygen atoms in total. The Morgan fingerprint density at radius 3 is 2.50 bits per heavy atom. The third-order valence-corrected chi connectivity index (χ3v) is 7.11. The fourth-order valence-electron chi connectivity index (χ4n) is 5.57. The third-order valence-electron chi connectivity index (χ3n) is 7.11. The van der Waals surface area contributed by atoms with Gasteiger partial charge >= 0.3 is 0 Å². The molecule has 0 radical (unpaired) electrons. The number of likely N-dealkylation sites (tertiary alicyclic amines) is 1. The number of fused-ring (bicyclic) bond motifs is 5. The van der Waals surface area contributed by atoms with E-state index >= 15 is 0 Å². The van der Waals surface area contributed by atoms with Crippen LogP contribution < -0.4 is 10.3 Å². The van der Waals surface area contributed by atoms with Gasteiger partial charge in [-0.25, -0.2) is 0 Å². The summed E-state index contributed by atoms with van der Waals surface area (Å²) >= 11 is 0. The van der Waals surface area contributed by atoms with Crippen molar-refractivity contribution in [2.45, 2.75) is 18.9 Å². The Morgan fingerprint density at radius 1 is 0.853 bits per heavy atom. The monoisotopic (exact) mass is 450 g/mol. The summed E-state index contributed by atoms with van der Waals surface area (Å²) in [5.41, 5.74) is 3.29. The maximum atomic E-state index is 13.0. The van der Waals surface area contributed by atoms with E-state index in [-0.39, 0.29) is 29.9 Å². The second kappa shape index (κ2) is 8.49. The lowest BCUT2D eigenvalue weighted by atomic mass is 9.80. The van der Waals surface area contributed by atoms with Crippen LogP contribution in [0.25, 0.3) is 21.9 Å². The van der Waals surface area contributed by atoms with Crippen molar-refractivity contribution < 1.29 is 9.53 Å². The Morgan fingerprint density at radius 2 is 1.65 bits per heavy atom. The van der Waals surface area contributed by atoms with Crippen LogP contribution in [0.1, 0.15) is 18.0 Å². The van der Waals surface area contributed by atoms with Crippen LogP contribution in [0.2, 0.25) is 0 Å². The van der Waals surface area contributed by atoms with Gasteiger partial charge in [0.05, 0.1) is 0 Å². The predicted octanol–water partition coefficient (Wildman–Crippen LogP) is 4.69. The molecule has 2 bridgehead atoms. The van der Waals surface area contributed by atoms with E-state index < -0.39 is 0 Å². The lowest BCUT2D eigenvalue weighted by Gasteiger charge is -2.43. The zero-order valence-electron chi connectivity index (χ0n) is 18.9. The molecule has 34 heavy (non-hydrogen) atoms. The summed E-state index contributed by atoms with van der Waals surface area (Å²) in [4.78, 5) is 27.8. The first kappa shape index (κ1) is 20.7. The molecule has 1 saturated heterocycles. The average molecular weight is 451 g/mol. The van der Waals surface area contributed by atoms with E-state index in [1.54, 1.807) is 6.07 Å². The number of nitrogens with zero attached hydrogens (tertiary/aromatic N) is 2. The van der Waals surface area contributed by atoms with Gasteiger partial charge in [0.15, 0.2) is 6.61 Å². The average Bonchev–Trinajstić information content (AvgIpc) is 2.88. The van der Waals surface area contributed by atoms with Gasteiger partial charge in [-0.2, -0.15) is 0 Å². The number of pyridine rings is 1. The molecule has 0 unspecified atom stereocenters. The van der Waals surface area contributed by atoms with Crippen LogP contribution in [0.3, 0.4) is 0 Å². The quantitative estimate of drug-likeness (QED) is 0.453. The van der Waals surface area contributed by atoms with Gasteiger partial charge in [-0.1, -0.05) is 54.6 Å². The van der Waals surface area contributed by atoms with Crippen molar-refractivity contribution in [3.8, 4) is 16.9 Å². The van der Waals surface area contributed by atoms with Crippen LogP contribution in [-0.2, 0) is 11.3 Å². The van der Waals surface area contributed by atoms with E-state index in [2.05, 4.69) is 30.3 Å². The summed E-state index contributed by atoms with van der Waals surface area (Å²) in [6.07, 6.45) is 0.993. The molecule has 0 saturated carbocycles. The maximum absolute atomic E-state index is 13.0. The van der Waals surface area contributed by atoms with Gasteiger partial charge in [0.1, 0.15) is 5.75 Å². The van der Waals surface area contributed by atoms with Crippen molar-refractivity contribution >= 4 is 16.7 Å². The van der Waals surface area contributed by atoms with Crippen molar-refractivity contribution in [2.24, 2.45) is 5.92 Å². The Bertz CT molecular complexity index is 1430. The number of para-hydroxylation sites is 1. The highest BCUT2D eigenvalue weighted by molar-refractivity contribution is 5.87. The second-order valence-corrected chi connectivity index (χ2v) is 9.34. The number of rotatable bonds is 4. The largest absolute Gasteiger partial charge is 0.484 e. The number of benzene rings is 3. The van der Waals surface area contributed by atoms with Gasteiger partial charge in [0.25, 0.3) is 11.5 Å². The zero-order valence-corrected chi connectivity index (χ0v) is 18.9. The number of hydrogen-bond donors (Lipinski definition) is 0. The summed E-state index contributed by atoms with van der Waals surface area (Å²) in [7, 11) is 0. The molecule has 2 aliphatic heterocycles. The summed E-state index contributed by atoms with van der Waals surface area (Å²) < 4.78 is 7.67. The van der Waals surface area contributed by atoms with E-state index in [1.807, 2.05) is 58.0 Å². The van der Waals surface area contributed by atoms with E-state index in [4.69, 9.17) is 4.74 Å². The molecule has 1 amide bonds. The molecule has 3 heterocycles. The zero-order chi connectivity index (χ0) is 23.1. The molecule has 0 N–H and O–H groups in total. The van der Waals surface area contributed by atoms with E-state index in [9.17, 15) is 9.59 Å². The smallest absolute Gasteiger partial charge is 0.260 e. The molecular weight excluding hydrogens is 424 g/mol. The van der Waals surface area contributed by atoms with Crippen molar-refractivity contribution in [3.05, 3.63) is 101 Å². The number of hydrogen-bond acceptors (Lipinski definition) is 3. The van der Waals surface area contributed by atoms with Crippen LogP contribution in [0.5, 0.6) is 5.75 Å². The van der Waals surface area contributed by atoms with Gasteiger partial charge in [-0.3, -0.25) is 9.59 Å². The highest BCUT2D eigenvalue weighted by Gasteiger charge is 2.37. The first-order valence-corrected chi connectivity index (χ1v) is 11.8. The molecule has 5 heteroatoms. The predicted molar refractivity (Wildman–Crippen MR) is 133 cm³/mol. The van der Waals surface area contributed by atoms with Crippen LogP contribution in [0.4, 0.5) is 0 Å². The van der Waals surface area contributed by atoms with Crippen molar-refractivity contribution in [3.63, 3.8) is 0 Å². The number of ether oxygens (including phenoxy) is 1. The molecular formula is C29H26N2O3. The summed E-state index contributed by atoms with van der Waals surface area (Å²) in [5.74, 6) is 1.10. The fraction of sp³-hybridized carbons (Fsp3) is 0.241. The first-order valence-electron chi connectivity index (χ1n) is 11.8. The third kappa shape index (κ3) is 3.77. The van der Waals surface area contributed by atoms with Gasteiger partial charge < -0.3 is 14.2 Å². The lowest BCUT2D eigenvalue weighted by Crippen LogP contribution is -2.50. The Hall–Kier alpha value is -3.86. The minimum atomic E-state index is -0.00228. The molecule has 1 aromatic heterocycles. The SMILES string of the molecule is O=C(COc1ccccc1)N1C[C@H]2C[C@@H](C1)c1c(-c3ccc4ccccc4c3)ccc(=O)n1C2. The van der Waals surface area contributed by atoms with Crippen LogP contribution >= 0.6 is 0 Å². The topological polar surface area (TPSA) is 51.5 Å². The lowest BCUT2D eigenvalue weighted by molar-refractivity contribution is -0.136. The van der Waals surface area contributed by atoms with Gasteiger partial charge in [-0.05, 0) is 52.9 Å². The Kier molecular flexibility index (Phi) is 5.17. The second-order valence-electron chi connectivity index (χ2n) is 9.34. The van der Waals surface area contributed by atoms with Crippen molar-refractivity contribution in [1.82, 2.24) is 9.47 Å². The highest BCUT2D eigenvalue weighted by atomic mass is 16.5. The molecule has 170 valence electrons. The number of amides is 1. The molecule has 3 aromatic carbocycles. The van der Waals surface area contributed by atoms with E-state index in [0.717, 1.165) is 23.2 Å². The minimum Gasteiger partial charge on any atom is -0.484 e. The van der Waals surface area contributed by atoms with Crippen molar-refractivity contribution in [2.75, 3.05) is 19.7 Å². The maximum Gasteiger partial charge on any atom is 0.260 e. The summed E-state index contributed by atoms with van der Waals surface area (Å²) in [6, 6.07) is 27.9. The van der Waals surface area contributed by atoms with Gasteiger partial charge in [-0.15, -0.1) is 0 Å². The number of carbonyl (C=O) groups is 1. The number of carbonyl (C=O) groups excluding carboxylic acids is 1. The fourth-order valence-corrected chi connectivity index (χ4v) is 5.57. The Labute approximate surface area is 198 Å². The highest BCUT2D eigenvalue weighted by Crippen LogP contribution is 2.40. The molecule has 0 aliphatic carbocycles. The molecule has 1 fully saturated rings. The first-order chi connectivity index (χ1) is 16.7. The molecule has 6 rings (SSSR count). The molecule has 2 atom stereocenters. The molecule has 2 aliphatic rings. The van der Waals surface area contributed by atoms with Crippen LogP contribution in [0, 0.1) is 5.92 Å². The van der Waals surface area contributed by atoms with Crippen LogP contribution in [0.15, 0.2) is 89.7 Å². The van der Waals surface area contributed by atoms with Crippen molar-refractivity contribution in [1.29, 1.82) is 0 Å². The van der Waals surface area contributed by atoms with Gasteiger partial charge in [0.2, 0.25) is 0 Å². The molecule has 4 aromatic rings. The summed E-state index contributed by atoms with van der Waals surface area (Å²) in [5, 5.41) is 2.37. The van der Waals surface area contributed by atoms with Crippen LogP contribution in [-0.4, -0.2) is 35.1 Å². The van der Waals surface area contributed by atoms with E-state index in [0.29, 0.717) is 25.4 Å².